The van der Waals surface area contributed by atoms with Crippen molar-refractivity contribution in [2.45, 2.75) is 26.3 Å². The van der Waals surface area contributed by atoms with Gasteiger partial charge in [-0.3, -0.25) is 4.79 Å². The first-order valence-electron chi connectivity index (χ1n) is 4.60. The number of carbonyl (C=O) groups excluding carboxylic acids is 1. The fourth-order valence-corrected chi connectivity index (χ4v) is 1.18. The first kappa shape index (κ1) is 9.99. The molecule has 1 aromatic rings. The van der Waals surface area contributed by atoms with E-state index < -0.39 is 0 Å². The maximum absolute atomic E-state index is 11.6. The molecule has 3 nitrogen and oxygen atoms in total. The largest absolute Gasteiger partial charge is 0.359 e. The molecule has 0 unspecified atom stereocenters. The average Bonchev–Trinajstić information content (AvgIpc) is 2.67. The second-order valence-electron chi connectivity index (χ2n) is 3.36. The zero-order chi connectivity index (χ0) is 9.84. The van der Waals surface area contributed by atoms with Gasteiger partial charge in [-0.05, 0) is 18.1 Å². The van der Waals surface area contributed by atoms with Crippen molar-refractivity contribution in [1.82, 2.24) is 4.98 Å². The number of aromatic amines is 1. The van der Waals surface area contributed by atoms with E-state index in [9.17, 15) is 4.79 Å². The van der Waals surface area contributed by atoms with Gasteiger partial charge in [0.15, 0.2) is 5.78 Å². The molecule has 3 heteroatoms. The Morgan fingerprint density at radius 3 is 2.85 bits per heavy atom. The number of hydrogen-bond donors (Lipinski definition) is 2. The quantitative estimate of drug-likeness (QED) is 0.691. The molecule has 1 heterocycles. The van der Waals surface area contributed by atoms with Crippen LogP contribution < -0.4 is 5.73 Å². The maximum Gasteiger partial charge on any atom is 0.195 e. The highest BCUT2D eigenvalue weighted by molar-refractivity contribution is 5.98. The molecule has 1 rings (SSSR count). The van der Waals surface area contributed by atoms with E-state index in [1.807, 2.05) is 13.8 Å². The monoisotopic (exact) mass is 180 g/mol. The molecule has 1 aromatic heterocycles. The highest BCUT2D eigenvalue weighted by Gasteiger charge is 2.20. The van der Waals surface area contributed by atoms with Crippen LogP contribution in [0.15, 0.2) is 18.3 Å². The Morgan fingerprint density at radius 1 is 1.69 bits per heavy atom. The molecule has 72 valence electrons. The fourth-order valence-electron chi connectivity index (χ4n) is 1.18. The molecule has 3 N–H and O–H groups in total. The smallest absolute Gasteiger partial charge is 0.195 e. The first-order valence-corrected chi connectivity index (χ1v) is 4.60. The molecule has 0 fully saturated rings. The average molecular weight is 180 g/mol. The lowest BCUT2D eigenvalue weighted by molar-refractivity contribution is 0.0930. The van der Waals surface area contributed by atoms with Crippen molar-refractivity contribution in [3.05, 3.63) is 24.0 Å². The van der Waals surface area contributed by atoms with Crippen molar-refractivity contribution < 1.29 is 4.79 Å². The Bertz CT molecular complexity index is 266. The van der Waals surface area contributed by atoms with E-state index in [2.05, 4.69) is 4.98 Å². The summed E-state index contributed by atoms with van der Waals surface area (Å²) in [5.41, 5.74) is 6.40. The SMILES string of the molecule is CC[C@@H](C)[C@H](N)C(=O)c1ccc[nH]1. The van der Waals surface area contributed by atoms with Crippen molar-refractivity contribution in [3.63, 3.8) is 0 Å². The molecule has 0 saturated heterocycles. The van der Waals surface area contributed by atoms with Gasteiger partial charge in [0.05, 0.1) is 11.7 Å². The van der Waals surface area contributed by atoms with Gasteiger partial charge in [-0.2, -0.15) is 0 Å². The van der Waals surface area contributed by atoms with E-state index in [1.54, 1.807) is 18.3 Å². The summed E-state index contributed by atoms with van der Waals surface area (Å²) in [6.45, 7) is 4.03. The summed E-state index contributed by atoms with van der Waals surface area (Å²) in [6.07, 6.45) is 2.66. The third-order valence-electron chi connectivity index (χ3n) is 2.42. The molecule has 0 aliphatic heterocycles. The summed E-state index contributed by atoms with van der Waals surface area (Å²) in [7, 11) is 0. The van der Waals surface area contributed by atoms with Gasteiger partial charge in [-0.15, -0.1) is 0 Å². The Labute approximate surface area is 78.3 Å². The highest BCUT2D eigenvalue weighted by Crippen LogP contribution is 2.10. The van der Waals surface area contributed by atoms with Crippen LogP contribution >= 0.6 is 0 Å². The zero-order valence-electron chi connectivity index (χ0n) is 8.08. The van der Waals surface area contributed by atoms with Gasteiger partial charge >= 0.3 is 0 Å². The van der Waals surface area contributed by atoms with Crippen LogP contribution in [0.4, 0.5) is 0 Å². The van der Waals surface area contributed by atoms with E-state index in [4.69, 9.17) is 5.73 Å². The number of carbonyl (C=O) groups is 1. The van der Waals surface area contributed by atoms with Gasteiger partial charge in [-0.1, -0.05) is 20.3 Å². The molecule has 0 amide bonds. The van der Waals surface area contributed by atoms with Crippen LogP contribution in [0, 0.1) is 5.92 Å². The van der Waals surface area contributed by atoms with Gasteiger partial charge in [0.2, 0.25) is 0 Å². The maximum atomic E-state index is 11.6. The summed E-state index contributed by atoms with van der Waals surface area (Å²) in [5.74, 6) is 0.232. The predicted octanol–water partition coefficient (Wildman–Crippen LogP) is 1.57. The van der Waals surface area contributed by atoms with Crippen molar-refractivity contribution >= 4 is 5.78 Å². The van der Waals surface area contributed by atoms with Gasteiger partial charge in [0, 0.05) is 6.20 Å². The zero-order valence-corrected chi connectivity index (χ0v) is 8.08. The number of ketones is 1. The summed E-state index contributed by atoms with van der Waals surface area (Å²) < 4.78 is 0. The van der Waals surface area contributed by atoms with Crippen LogP contribution in [0.2, 0.25) is 0 Å². The Kier molecular flexibility index (Phi) is 3.25. The third-order valence-corrected chi connectivity index (χ3v) is 2.42. The van der Waals surface area contributed by atoms with Gasteiger partial charge in [0.25, 0.3) is 0 Å². The van der Waals surface area contributed by atoms with Crippen molar-refractivity contribution in [1.29, 1.82) is 0 Å². The normalized spacial score (nSPS) is 15.3. The third kappa shape index (κ3) is 2.18. The van der Waals surface area contributed by atoms with Gasteiger partial charge in [0.1, 0.15) is 0 Å². The van der Waals surface area contributed by atoms with Crippen molar-refractivity contribution in [2.24, 2.45) is 11.7 Å². The Hall–Kier alpha value is -1.09. The molecule has 13 heavy (non-hydrogen) atoms. The van der Waals surface area contributed by atoms with Gasteiger partial charge < -0.3 is 10.7 Å². The molecule has 0 spiro atoms. The molecule has 0 bridgehead atoms. The van der Waals surface area contributed by atoms with E-state index in [0.717, 1.165) is 6.42 Å². The number of aromatic nitrogens is 1. The standard InChI is InChI=1S/C10H16N2O/c1-3-7(2)9(11)10(13)8-5-4-6-12-8/h4-7,9,12H,3,11H2,1-2H3/t7-,9+/m1/s1. The van der Waals surface area contributed by atoms with Crippen LogP contribution in [0.1, 0.15) is 30.8 Å². The summed E-state index contributed by atoms with van der Waals surface area (Å²) in [6, 6.07) is 3.17. The molecular weight excluding hydrogens is 164 g/mol. The van der Waals surface area contributed by atoms with E-state index in [-0.39, 0.29) is 17.7 Å². The number of nitrogens with two attached hydrogens (primary N) is 1. The topological polar surface area (TPSA) is 58.9 Å². The predicted molar refractivity (Wildman–Crippen MR) is 52.6 cm³/mol. The molecular formula is C10H16N2O. The second kappa shape index (κ2) is 4.23. The van der Waals surface area contributed by atoms with Crippen molar-refractivity contribution in [2.75, 3.05) is 0 Å². The molecule has 0 saturated carbocycles. The Balaban J connectivity index is 2.68. The number of Topliss-reactive ketones (excluding diaryl/α,β-unsaturated/α-hetero) is 1. The van der Waals surface area contributed by atoms with Crippen LogP contribution in [-0.2, 0) is 0 Å². The minimum Gasteiger partial charge on any atom is -0.359 e. The number of nitrogens with one attached hydrogen (secondary N) is 1. The molecule has 2 atom stereocenters. The van der Waals surface area contributed by atoms with Crippen LogP contribution in [0.3, 0.4) is 0 Å². The first-order chi connectivity index (χ1) is 6.16. The van der Waals surface area contributed by atoms with Crippen LogP contribution in [0.25, 0.3) is 0 Å². The van der Waals surface area contributed by atoms with Crippen molar-refractivity contribution in [3.8, 4) is 0 Å². The number of H-pyrrole nitrogens is 1. The lowest BCUT2D eigenvalue weighted by Crippen LogP contribution is -2.36. The molecule has 0 radical (unpaired) electrons. The fraction of sp³-hybridized carbons (Fsp3) is 0.500. The van der Waals surface area contributed by atoms with Gasteiger partial charge in [-0.25, -0.2) is 0 Å². The van der Waals surface area contributed by atoms with Crippen LogP contribution in [0.5, 0.6) is 0 Å². The summed E-state index contributed by atoms with van der Waals surface area (Å²) in [4.78, 5) is 14.5. The highest BCUT2D eigenvalue weighted by atomic mass is 16.1. The van der Waals surface area contributed by atoms with E-state index in [0.29, 0.717) is 5.69 Å². The summed E-state index contributed by atoms with van der Waals surface area (Å²) >= 11 is 0. The minimum absolute atomic E-state index is 0.000602. The number of hydrogen-bond acceptors (Lipinski definition) is 2. The lowest BCUT2D eigenvalue weighted by atomic mass is 9.95. The minimum atomic E-state index is -0.386. The van der Waals surface area contributed by atoms with E-state index >= 15 is 0 Å². The second-order valence-corrected chi connectivity index (χ2v) is 3.36. The van der Waals surface area contributed by atoms with Crippen LogP contribution in [-0.4, -0.2) is 16.8 Å². The molecule has 0 aromatic carbocycles. The lowest BCUT2D eigenvalue weighted by Gasteiger charge is -2.15. The molecule has 0 aliphatic rings. The van der Waals surface area contributed by atoms with E-state index in [1.165, 1.54) is 0 Å². The summed E-state index contributed by atoms with van der Waals surface area (Å²) in [5, 5.41) is 0. The Morgan fingerprint density at radius 2 is 2.38 bits per heavy atom. The number of rotatable bonds is 4. The molecule has 0 aliphatic carbocycles.